The van der Waals surface area contributed by atoms with E-state index in [4.69, 9.17) is 16.7 Å². The SMILES string of the molecule is CSC(CO)C(C)NCc1ccccc1Cl. The molecule has 0 heterocycles. The Hall–Kier alpha value is -0.220. The van der Waals surface area contributed by atoms with Crippen molar-refractivity contribution >= 4 is 23.4 Å². The van der Waals surface area contributed by atoms with Crippen molar-refractivity contribution in [1.82, 2.24) is 5.32 Å². The molecule has 1 aromatic carbocycles. The molecule has 0 spiro atoms. The molecule has 0 aliphatic carbocycles. The number of benzene rings is 1. The van der Waals surface area contributed by atoms with Crippen LogP contribution >= 0.6 is 23.4 Å². The van der Waals surface area contributed by atoms with Crippen LogP contribution in [0.1, 0.15) is 12.5 Å². The Morgan fingerprint density at radius 1 is 1.44 bits per heavy atom. The van der Waals surface area contributed by atoms with Crippen LogP contribution in [0.25, 0.3) is 0 Å². The summed E-state index contributed by atoms with van der Waals surface area (Å²) in [6, 6.07) is 8.06. The van der Waals surface area contributed by atoms with Crippen molar-refractivity contribution in [2.75, 3.05) is 12.9 Å². The first-order valence-corrected chi connectivity index (χ1v) is 6.96. The van der Waals surface area contributed by atoms with Gasteiger partial charge in [-0.1, -0.05) is 29.8 Å². The maximum Gasteiger partial charge on any atom is 0.0564 e. The number of hydrogen-bond donors (Lipinski definition) is 2. The second kappa shape index (κ2) is 7.17. The predicted octanol–water partition coefficient (Wildman–Crippen LogP) is 2.54. The fourth-order valence-electron chi connectivity index (χ4n) is 1.48. The maximum atomic E-state index is 9.16. The molecule has 2 N–H and O–H groups in total. The summed E-state index contributed by atoms with van der Waals surface area (Å²) in [5.41, 5.74) is 1.09. The lowest BCUT2D eigenvalue weighted by atomic mass is 10.2. The molecular formula is C12H18ClNOS. The molecule has 2 unspecified atom stereocenters. The standard InChI is InChI=1S/C12H18ClNOS/c1-9(12(8-15)16-2)14-7-10-5-3-4-6-11(10)13/h3-6,9,12,14-15H,7-8H2,1-2H3. The van der Waals surface area contributed by atoms with Crippen LogP contribution in [-0.2, 0) is 6.54 Å². The van der Waals surface area contributed by atoms with Crippen LogP contribution in [0.5, 0.6) is 0 Å². The third-order valence-electron chi connectivity index (χ3n) is 2.61. The summed E-state index contributed by atoms with van der Waals surface area (Å²) in [6.45, 7) is 3.00. The first kappa shape index (κ1) is 13.8. The van der Waals surface area contributed by atoms with E-state index in [2.05, 4.69) is 12.2 Å². The second-order valence-corrected chi connectivity index (χ2v) is 5.20. The molecule has 2 nitrogen and oxygen atoms in total. The van der Waals surface area contributed by atoms with E-state index in [9.17, 15) is 0 Å². The molecule has 0 amide bonds. The van der Waals surface area contributed by atoms with Gasteiger partial charge in [0.1, 0.15) is 0 Å². The third-order valence-corrected chi connectivity index (χ3v) is 4.14. The largest absolute Gasteiger partial charge is 0.395 e. The maximum absolute atomic E-state index is 9.16. The molecule has 0 saturated heterocycles. The van der Waals surface area contributed by atoms with Gasteiger partial charge >= 0.3 is 0 Å². The quantitative estimate of drug-likeness (QED) is 0.824. The smallest absolute Gasteiger partial charge is 0.0564 e. The Bertz CT molecular complexity index is 318. The summed E-state index contributed by atoms with van der Waals surface area (Å²) in [4.78, 5) is 0. The molecule has 0 radical (unpaired) electrons. The van der Waals surface area contributed by atoms with Crippen molar-refractivity contribution in [3.05, 3.63) is 34.9 Å². The highest BCUT2D eigenvalue weighted by molar-refractivity contribution is 7.99. The van der Waals surface area contributed by atoms with E-state index in [1.165, 1.54) is 0 Å². The Morgan fingerprint density at radius 3 is 2.69 bits per heavy atom. The second-order valence-electron chi connectivity index (χ2n) is 3.72. The Labute approximate surface area is 106 Å². The van der Waals surface area contributed by atoms with Crippen molar-refractivity contribution in [2.24, 2.45) is 0 Å². The summed E-state index contributed by atoms with van der Waals surface area (Å²) in [6.07, 6.45) is 2.01. The van der Waals surface area contributed by atoms with Gasteiger partial charge in [-0.2, -0.15) is 11.8 Å². The van der Waals surface area contributed by atoms with Gasteiger partial charge in [-0.25, -0.2) is 0 Å². The van der Waals surface area contributed by atoms with E-state index >= 15 is 0 Å². The topological polar surface area (TPSA) is 32.3 Å². The van der Waals surface area contributed by atoms with Gasteiger partial charge in [0.2, 0.25) is 0 Å². The van der Waals surface area contributed by atoms with Gasteiger partial charge in [0.15, 0.2) is 0 Å². The Balaban J connectivity index is 2.48. The van der Waals surface area contributed by atoms with Crippen molar-refractivity contribution in [3.8, 4) is 0 Å². The lowest BCUT2D eigenvalue weighted by molar-refractivity contribution is 0.276. The molecule has 1 rings (SSSR count). The zero-order valence-electron chi connectivity index (χ0n) is 9.61. The Morgan fingerprint density at radius 2 is 2.12 bits per heavy atom. The molecule has 90 valence electrons. The van der Waals surface area contributed by atoms with Crippen molar-refractivity contribution in [1.29, 1.82) is 0 Å². The van der Waals surface area contributed by atoms with E-state index in [1.54, 1.807) is 11.8 Å². The van der Waals surface area contributed by atoms with Gasteiger partial charge in [0.05, 0.1) is 6.61 Å². The average molecular weight is 260 g/mol. The molecule has 0 saturated carbocycles. The van der Waals surface area contributed by atoms with Gasteiger partial charge in [-0.15, -0.1) is 0 Å². The number of rotatable bonds is 6. The molecule has 0 bridgehead atoms. The van der Waals surface area contributed by atoms with Crippen molar-refractivity contribution in [2.45, 2.75) is 24.8 Å². The molecule has 16 heavy (non-hydrogen) atoms. The fraction of sp³-hybridized carbons (Fsp3) is 0.500. The Kier molecular flexibility index (Phi) is 6.21. The van der Waals surface area contributed by atoms with Crippen LogP contribution < -0.4 is 5.32 Å². The van der Waals surface area contributed by atoms with Gasteiger partial charge in [0, 0.05) is 22.9 Å². The highest BCUT2D eigenvalue weighted by Gasteiger charge is 2.14. The zero-order valence-corrected chi connectivity index (χ0v) is 11.2. The predicted molar refractivity (Wildman–Crippen MR) is 72.1 cm³/mol. The van der Waals surface area contributed by atoms with Crippen LogP contribution in [0.4, 0.5) is 0 Å². The summed E-state index contributed by atoms with van der Waals surface area (Å²) >= 11 is 7.73. The van der Waals surface area contributed by atoms with Gasteiger partial charge in [0.25, 0.3) is 0 Å². The lowest BCUT2D eigenvalue weighted by Gasteiger charge is -2.21. The van der Waals surface area contributed by atoms with Crippen molar-refractivity contribution in [3.63, 3.8) is 0 Å². The van der Waals surface area contributed by atoms with Crippen LogP contribution in [0.15, 0.2) is 24.3 Å². The van der Waals surface area contributed by atoms with E-state index in [0.29, 0.717) is 0 Å². The highest BCUT2D eigenvalue weighted by Crippen LogP contribution is 2.16. The van der Waals surface area contributed by atoms with Crippen molar-refractivity contribution < 1.29 is 5.11 Å². The van der Waals surface area contributed by atoms with Crippen LogP contribution in [-0.4, -0.2) is 29.3 Å². The minimum atomic E-state index is 0.192. The number of thioether (sulfide) groups is 1. The molecule has 2 atom stereocenters. The summed E-state index contributed by atoms with van der Waals surface area (Å²) < 4.78 is 0. The van der Waals surface area contributed by atoms with Gasteiger partial charge < -0.3 is 10.4 Å². The third kappa shape index (κ3) is 3.98. The number of hydrogen-bond acceptors (Lipinski definition) is 3. The van der Waals surface area contributed by atoms with Crippen LogP contribution in [0.3, 0.4) is 0 Å². The normalized spacial score (nSPS) is 14.8. The minimum absolute atomic E-state index is 0.192. The number of aliphatic hydroxyl groups excluding tert-OH is 1. The van der Waals surface area contributed by atoms with Gasteiger partial charge in [-0.3, -0.25) is 0 Å². The molecule has 0 aliphatic rings. The summed E-state index contributed by atoms with van der Waals surface area (Å²) in [7, 11) is 0. The molecule has 1 aromatic rings. The monoisotopic (exact) mass is 259 g/mol. The van der Waals surface area contributed by atoms with E-state index in [0.717, 1.165) is 17.1 Å². The van der Waals surface area contributed by atoms with E-state index in [1.807, 2.05) is 30.5 Å². The molecule has 0 fully saturated rings. The minimum Gasteiger partial charge on any atom is -0.395 e. The van der Waals surface area contributed by atoms with Crippen LogP contribution in [0.2, 0.25) is 5.02 Å². The summed E-state index contributed by atoms with van der Waals surface area (Å²) in [5, 5.41) is 13.5. The number of aliphatic hydroxyl groups is 1. The first-order chi connectivity index (χ1) is 7.69. The van der Waals surface area contributed by atoms with E-state index in [-0.39, 0.29) is 17.9 Å². The molecular weight excluding hydrogens is 242 g/mol. The number of halogens is 1. The molecule has 0 aliphatic heterocycles. The average Bonchev–Trinajstić information content (AvgIpc) is 2.29. The molecule has 0 aromatic heterocycles. The molecule has 4 heteroatoms. The highest BCUT2D eigenvalue weighted by atomic mass is 35.5. The van der Waals surface area contributed by atoms with Crippen LogP contribution in [0, 0.1) is 0 Å². The van der Waals surface area contributed by atoms with Gasteiger partial charge in [-0.05, 0) is 24.8 Å². The fourth-order valence-corrected chi connectivity index (χ4v) is 2.34. The number of nitrogens with one attached hydrogen (secondary N) is 1. The zero-order chi connectivity index (χ0) is 12.0. The first-order valence-electron chi connectivity index (χ1n) is 5.29. The summed E-state index contributed by atoms with van der Waals surface area (Å²) in [5.74, 6) is 0. The lowest BCUT2D eigenvalue weighted by Crippen LogP contribution is -2.37. The van der Waals surface area contributed by atoms with E-state index < -0.39 is 0 Å².